The molecule has 18 heavy (non-hydrogen) atoms. The maximum absolute atomic E-state index is 11.9. The third-order valence-corrected chi connectivity index (χ3v) is 3.12. The Labute approximate surface area is 107 Å². The number of nitrogens with zero attached hydrogens (tertiary/aromatic N) is 2. The second-order valence-corrected chi connectivity index (χ2v) is 4.62. The highest BCUT2D eigenvalue weighted by atomic mass is 16.2. The summed E-state index contributed by atoms with van der Waals surface area (Å²) in [6.45, 7) is 4.57. The fourth-order valence-corrected chi connectivity index (χ4v) is 2.15. The molecule has 2 rings (SSSR count). The van der Waals surface area contributed by atoms with Crippen molar-refractivity contribution in [3.63, 3.8) is 0 Å². The molecular formula is C13H20N4O. The smallest absolute Gasteiger partial charge is 0.269 e. The number of hydrogen-bond donors (Lipinski definition) is 2. The summed E-state index contributed by atoms with van der Waals surface area (Å²) in [5, 5.41) is 10.4. The first kappa shape index (κ1) is 12.8. The maximum Gasteiger partial charge on any atom is 0.269 e. The van der Waals surface area contributed by atoms with Gasteiger partial charge >= 0.3 is 0 Å². The van der Waals surface area contributed by atoms with Crippen molar-refractivity contribution < 1.29 is 4.79 Å². The van der Waals surface area contributed by atoms with Crippen LogP contribution in [0, 0.1) is 6.92 Å². The Morgan fingerprint density at radius 1 is 1.61 bits per heavy atom. The predicted octanol–water partition coefficient (Wildman–Crippen LogP) is 0.768. The van der Waals surface area contributed by atoms with Crippen LogP contribution in [0.5, 0.6) is 0 Å². The minimum absolute atomic E-state index is 0.0485. The van der Waals surface area contributed by atoms with Gasteiger partial charge < -0.3 is 10.6 Å². The summed E-state index contributed by atoms with van der Waals surface area (Å²) in [7, 11) is 1.79. The molecule has 0 spiro atoms. The van der Waals surface area contributed by atoms with Crippen LogP contribution in [-0.4, -0.2) is 35.3 Å². The zero-order valence-corrected chi connectivity index (χ0v) is 11.0. The summed E-state index contributed by atoms with van der Waals surface area (Å²) in [5.41, 5.74) is 2.91. The van der Waals surface area contributed by atoms with Crippen LogP contribution in [0.25, 0.3) is 0 Å². The van der Waals surface area contributed by atoms with E-state index in [1.807, 2.05) is 6.92 Å². The van der Waals surface area contributed by atoms with Crippen LogP contribution in [0.1, 0.15) is 29.0 Å². The number of nitrogens with one attached hydrogen (secondary N) is 2. The van der Waals surface area contributed by atoms with E-state index >= 15 is 0 Å². The molecular weight excluding hydrogens is 228 g/mol. The van der Waals surface area contributed by atoms with Crippen molar-refractivity contribution in [3.05, 3.63) is 29.1 Å². The van der Waals surface area contributed by atoms with Crippen LogP contribution in [-0.2, 0) is 7.05 Å². The predicted molar refractivity (Wildman–Crippen MR) is 70.5 cm³/mol. The lowest BCUT2D eigenvalue weighted by atomic mass is 10.1. The monoisotopic (exact) mass is 248 g/mol. The molecule has 1 aromatic heterocycles. The first-order chi connectivity index (χ1) is 8.66. The molecule has 0 saturated heterocycles. The van der Waals surface area contributed by atoms with Gasteiger partial charge in [0.25, 0.3) is 5.91 Å². The highest BCUT2D eigenvalue weighted by Gasteiger charge is 2.11. The molecule has 2 N–H and O–H groups in total. The van der Waals surface area contributed by atoms with Gasteiger partial charge in [0.15, 0.2) is 0 Å². The van der Waals surface area contributed by atoms with Gasteiger partial charge in [-0.05, 0) is 32.4 Å². The van der Waals surface area contributed by atoms with Gasteiger partial charge in [0.2, 0.25) is 0 Å². The molecule has 2 heterocycles. The molecule has 1 aliphatic rings. The second-order valence-electron chi connectivity index (χ2n) is 4.62. The third-order valence-electron chi connectivity index (χ3n) is 3.12. The molecule has 5 nitrogen and oxygen atoms in total. The standard InChI is InChI=1S/C13H20N4O/c1-10-9-12(17(2)16-10)13(18)15-8-5-11-3-6-14-7-4-11/h3,9,14H,4-8H2,1-2H3,(H,15,18). The first-order valence-corrected chi connectivity index (χ1v) is 6.34. The molecule has 1 amide bonds. The van der Waals surface area contributed by atoms with E-state index in [2.05, 4.69) is 21.8 Å². The average molecular weight is 248 g/mol. The summed E-state index contributed by atoms with van der Waals surface area (Å²) < 4.78 is 1.62. The van der Waals surface area contributed by atoms with Crippen LogP contribution in [0.2, 0.25) is 0 Å². The maximum atomic E-state index is 11.9. The minimum Gasteiger partial charge on any atom is -0.350 e. The highest BCUT2D eigenvalue weighted by molar-refractivity contribution is 5.92. The van der Waals surface area contributed by atoms with E-state index in [4.69, 9.17) is 0 Å². The van der Waals surface area contributed by atoms with Gasteiger partial charge in [0, 0.05) is 20.1 Å². The first-order valence-electron chi connectivity index (χ1n) is 6.34. The lowest BCUT2D eigenvalue weighted by Gasteiger charge is -2.14. The van der Waals surface area contributed by atoms with E-state index in [1.54, 1.807) is 17.8 Å². The number of aryl methyl sites for hydroxylation is 2. The Hall–Kier alpha value is -1.62. The summed E-state index contributed by atoms with van der Waals surface area (Å²) in [6.07, 6.45) is 4.23. The van der Waals surface area contributed by atoms with Gasteiger partial charge in [-0.15, -0.1) is 0 Å². The van der Waals surface area contributed by atoms with E-state index in [1.165, 1.54) is 5.57 Å². The Morgan fingerprint density at radius 3 is 3.06 bits per heavy atom. The van der Waals surface area contributed by atoms with Gasteiger partial charge in [-0.25, -0.2) is 0 Å². The fraction of sp³-hybridized carbons (Fsp3) is 0.538. The Kier molecular flexibility index (Phi) is 4.15. The summed E-state index contributed by atoms with van der Waals surface area (Å²) >= 11 is 0. The lowest BCUT2D eigenvalue weighted by molar-refractivity contribution is 0.0944. The van der Waals surface area contributed by atoms with Crippen molar-refractivity contribution in [2.45, 2.75) is 19.8 Å². The highest BCUT2D eigenvalue weighted by Crippen LogP contribution is 2.08. The number of rotatable bonds is 4. The number of amides is 1. The zero-order valence-electron chi connectivity index (χ0n) is 11.0. The van der Waals surface area contributed by atoms with Crippen LogP contribution in [0.4, 0.5) is 0 Å². The van der Waals surface area contributed by atoms with E-state index in [9.17, 15) is 4.79 Å². The molecule has 0 unspecified atom stereocenters. The van der Waals surface area contributed by atoms with Gasteiger partial charge in [0.1, 0.15) is 5.69 Å². The van der Waals surface area contributed by atoms with Crippen LogP contribution in [0.3, 0.4) is 0 Å². The van der Waals surface area contributed by atoms with Crippen molar-refractivity contribution in [1.29, 1.82) is 0 Å². The molecule has 0 fully saturated rings. The third kappa shape index (κ3) is 3.20. The summed E-state index contributed by atoms with van der Waals surface area (Å²) in [6, 6.07) is 1.80. The Balaban J connectivity index is 1.81. The fourth-order valence-electron chi connectivity index (χ4n) is 2.15. The van der Waals surface area contributed by atoms with Crippen molar-refractivity contribution in [1.82, 2.24) is 20.4 Å². The van der Waals surface area contributed by atoms with Crippen molar-refractivity contribution in [2.75, 3.05) is 19.6 Å². The van der Waals surface area contributed by atoms with Crippen molar-refractivity contribution in [2.24, 2.45) is 7.05 Å². The van der Waals surface area contributed by atoms with E-state index in [0.29, 0.717) is 12.2 Å². The number of carbonyl (C=O) groups is 1. The zero-order chi connectivity index (χ0) is 13.0. The molecule has 0 aliphatic carbocycles. The average Bonchev–Trinajstić information content (AvgIpc) is 2.70. The Bertz CT molecular complexity index is 462. The molecule has 5 heteroatoms. The van der Waals surface area contributed by atoms with Crippen molar-refractivity contribution in [3.8, 4) is 0 Å². The van der Waals surface area contributed by atoms with Crippen LogP contribution < -0.4 is 10.6 Å². The molecule has 0 atom stereocenters. The molecule has 0 radical (unpaired) electrons. The summed E-state index contributed by atoms with van der Waals surface area (Å²) in [4.78, 5) is 11.9. The number of carbonyl (C=O) groups excluding carboxylic acids is 1. The lowest BCUT2D eigenvalue weighted by Crippen LogP contribution is -2.28. The molecule has 1 aromatic rings. The second kappa shape index (κ2) is 5.82. The SMILES string of the molecule is Cc1cc(C(=O)NCCC2=CCNCC2)n(C)n1. The van der Waals surface area contributed by atoms with Crippen LogP contribution >= 0.6 is 0 Å². The summed E-state index contributed by atoms with van der Waals surface area (Å²) in [5.74, 6) is -0.0485. The molecule has 0 aromatic carbocycles. The van der Waals surface area contributed by atoms with E-state index in [0.717, 1.165) is 31.6 Å². The van der Waals surface area contributed by atoms with Gasteiger partial charge in [0.05, 0.1) is 5.69 Å². The van der Waals surface area contributed by atoms with Gasteiger partial charge in [-0.3, -0.25) is 9.48 Å². The minimum atomic E-state index is -0.0485. The quantitative estimate of drug-likeness (QED) is 0.774. The Morgan fingerprint density at radius 2 is 2.44 bits per heavy atom. The molecule has 0 saturated carbocycles. The van der Waals surface area contributed by atoms with Crippen LogP contribution in [0.15, 0.2) is 17.7 Å². The van der Waals surface area contributed by atoms with E-state index in [-0.39, 0.29) is 5.91 Å². The normalized spacial score (nSPS) is 15.3. The topological polar surface area (TPSA) is 59.0 Å². The molecule has 98 valence electrons. The largest absolute Gasteiger partial charge is 0.350 e. The number of aromatic nitrogens is 2. The van der Waals surface area contributed by atoms with Gasteiger partial charge in [-0.2, -0.15) is 5.10 Å². The van der Waals surface area contributed by atoms with Gasteiger partial charge in [-0.1, -0.05) is 11.6 Å². The number of hydrogen-bond acceptors (Lipinski definition) is 3. The van der Waals surface area contributed by atoms with Crippen molar-refractivity contribution >= 4 is 5.91 Å². The molecule has 0 bridgehead atoms. The van der Waals surface area contributed by atoms with E-state index < -0.39 is 0 Å². The molecule has 1 aliphatic heterocycles.